The average molecular weight is 939 g/mol. The predicted octanol–water partition coefficient (Wildman–Crippen LogP) is 14.5. The minimum atomic E-state index is 0.000257. The lowest BCUT2D eigenvalue weighted by atomic mass is 9.36. The van der Waals surface area contributed by atoms with E-state index >= 15 is 0 Å². The maximum Gasteiger partial charge on any atom is 0.247 e. The van der Waals surface area contributed by atoms with Crippen LogP contribution in [0.2, 0.25) is 0 Å². The van der Waals surface area contributed by atoms with Crippen LogP contribution in [0.4, 0.5) is 0 Å². The number of aromatic nitrogens is 2. The van der Waals surface area contributed by atoms with Gasteiger partial charge in [0.25, 0.3) is 0 Å². The Labute approximate surface area is 413 Å². The summed E-state index contributed by atoms with van der Waals surface area (Å²) in [6, 6.07) is 71.4. The van der Waals surface area contributed by atoms with Crippen LogP contribution in [0.5, 0.6) is 0 Å². The molecule has 10 aromatic carbocycles. The molecule has 14 aromatic rings. The van der Waals surface area contributed by atoms with Crippen molar-refractivity contribution in [1.82, 2.24) is 9.13 Å². The summed E-state index contributed by atoms with van der Waals surface area (Å²) in [5.74, 6) is 0. The van der Waals surface area contributed by atoms with Gasteiger partial charge in [0.1, 0.15) is 22.3 Å². The number of hydrogen-bond acceptors (Lipinski definition) is 6. The quantitative estimate of drug-likeness (QED) is 0.164. The SMILES string of the molecule is N#Cc1ccc2c(c1)c1cc(C#N)ccc1n2-c1ccc2c(c1)Sc1cc(-c3ccc4oc5ccc6oc7ccccc7c6c5c4c3)cc3c1B2c1ccc(-n2c4ccccc4c4ccccc42)cc1S3. The zero-order valence-corrected chi connectivity index (χ0v) is 39.0. The Kier molecular flexibility index (Phi) is 7.89. The maximum atomic E-state index is 9.91. The van der Waals surface area contributed by atoms with Crippen LogP contribution in [0.25, 0.3) is 110 Å². The molecule has 0 fully saturated rings. The van der Waals surface area contributed by atoms with Crippen LogP contribution in [0.15, 0.2) is 216 Å². The molecule has 0 amide bonds. The summed E-state index contributed by atoms with van der Waals surface area (Å²) in [4.78, 5) is 4.91. The first-order valence-corrected chi connectivity index (χ1v) is 25.2. The standard InChI is InChI=1S/C62H31BN4O2S2/c64-32-34-13-20-50-43(25-34)44-26-35(33-65)14-21-51(44)67(50)39-17-19-47-57(31-39)71-59-29-37(36-15-22-53-45(27-36)61-55(69-53)24-23-54-60(61)42-9-3-6-12-52(42)68-54)28-58-62(59)63(47)46-18-16-38(30-56(46)70-58)66-48-10-4-1-7-40(48)41-8-2-5-11-49(41)66/h1-31H. The van der Waals surface area contributed by atoms with Gasteiger partial charge in [-0.1, -0.05) is 107 Å². The first kappa shape index (κ1) is 39.0. The fourth-order valence-corrected chi connectivity index (χ4v) is 14.4. The molecule has 0 unspecified atom stereocenters. The third-order valence-corrected chi connectivity index (χ3v) is 17.1. The Morgan fingerprint density at radius 2 is 0.873 bits per heavy atom. The molecule has 0 radical (unpaired) electrons. The molecule has 4 aromatic heterocycles. The van der Waals surface area contributed by atoms with E-state index in [1.165, 1.54) is 57.8 Å². The first-order valence-electron chi connectivity index (χ1n) is 23.5. The number of furan rings is 2. The summed E-state index contributed by atoms with van der Waals surface area (Å²) >= 11 is 3.71. The molecule has 0 atom stereocenters. The van der Waals surface area contributed by atoms with E-state index in [1.807, 2.05) is 84.2 Å². The number of benzene rings is 10. The van der Waals surface area contributed by atoms with Gasteiger partial charge in [-0.3, -0.25) is 0 Å². The van der Waals surface area contributed by atoms with Gasteiger partial charge in [0.05, 0.1) is 45.3 Å². The van der Waals surface area contributed by atoms with Crippen LogP contribution in [0, 0.1) is 22.7 Å². The zero-order chi connectivity index (χ0) is 46.6. The van der Waals surface area contributed by atoms with Crippen LogP contribution in [0.3, 0.4) is 0 Å². The lowest BCUT2D eigenvalue weighted by Crippen LogP contribution is -2.58. The molecule has 2 aliphatic heterocycles. The fraction of sp³-hybridized carbons (Fsp3) is 0. The molecular weight excluding hydrogens is 908 g/mol. The lowest BCUT2D eigenvalue weighted by Gasteiger charge is -2.34. The van der Waals surface area contributed by atoms with Crippen molar-refractivity contribution in [3.8, 4) is 34.6 Å². The maximum absolute atomic E-state index is 9.91. The number of hydrogen-bond donors (Lipinski definition) is 0. The molecule has 6 nitrogen and oxygen atoms in total. The van der Waals surface area contributed by atoms with Crippen molar-refractivity contribution in [1.29, 1.82) is 10.5 Å². The molecule has 0 saturated heterocycles. The average Bonchev–Trinajstić information content (AvgIpc) is 4.17. The van der Waals surface area contributed by atoms with E-state index in [4.69, 9.17) is 8.83 Å². The van der Waals surface area contributed by atoms with Crippen molar-refractivity contribution < 1.29 is 8.83 Å². The van der Waals surface area contributed by atoms with E-state index in [0.717, 1.165) is 88.2 Å². The van der Waals surface area contributed by atoms with Crippen molar-refractivity contribution in [2.45, 2.75) is 19.6 Å². The van der Waals surface area contributed by atoms with Crippen LogP contribution < -0.4 is 16.4 Å². The minimum Gasteiger partial charge on any atom is -0.456 e. The minimum absolute atomic E-state index is 0.000257. The second kappa shape index (κ2) is 14.4. The number of nitrogens with zero attached hydrogens (tertiary/aromatic N) is 4. The van der Waals surface area contributed by atoms with E-state index in [2.05, 4.69) is 149 Å². The smallest absolute Gasteiger partial charge is 0.247 e. The monoisotopic (exact) mass is 938 g/mol. The summed E-state index contributed by atoms with van der Waals surface area (Å²) in [7, 11) is 0. The molecule has 16 rings (SSSR count). The van der Waals surface area contributed by atoms with Crippen molar-refractivity contribution in [2.75, 3.05) is 0 Å². The number of fused-ring (bicyclic) bond motifs is 17. The summed E-state index contributed by atoms with van der Waals surface area (Å²) in [5, 5.41) is 28.5. The van der Waals surface area contributed by atoms with Crippen molar-refractivity contribution in [2.24, 2.45) is 0 Å². The van der Waals surface area contributed by atoms with E-state index in [1.54, 1.807) is 0 Å². The zero-order valence-electron chi connectivity index (χ0n) is 37.4. The Balaban J connectivity index is 0.913. The van der Waals surface area contributed by atoms with E-state index in [-0.39, 0.29) is 6.71 Å². The van der Waals surface area contributed by atoms with Crippen molar-refractivity contribution >= 4 is 134 Å². The van der Waals surface area contributed by atoms with Crippen LogP contribution in [-0.4, -0.2) is 15.8 Å². The lowest BCUT2D eigenvalue weighted by molar-refractivity contribution is 0.663. The predicted molar refractivity (Wildman–Crippen MR) is 290 cm³/mol. The van der Waals surface area contributed by atoms with Gasteiger partial charge in [0.15, 0.2) is 0 Å². The van der Waals surface area contributed by atoms with Crippen molar-refractivity contribution in [3.05, 3.63) is 199 Å². The van der Waals surface area contributed by atoms with Crippen LogP contribution in [-0.2, 0) is 0 Å². The normalized spacial score (nSPS) is 12.9. The van der Waals surface area contributed by atoms with Gasteiger partial charge in [0.2, 0.25) is 6.71 Å². The topological polar surface area (TPSA) is 83.7 Å². The van der Waals surface area contributed by atoms with Gasteiger partial charge < -0.3 is 18.0 Å². The van der Waals surface area contributed by atoms with E-state index in [0.29, 0.717) is 11.1 Å². The highest BCUT2D eigenvalue weighted by atomic mass is 32.2. The van der Waals surface area contributed by atoms with E-state index in [9.17, 15) is 10.5 Å². The molecule has 0 saturated carbocycles. The third kappa shape index (κ3) is 5.45. The molecule has 71 heavy (non-hydrogen) atoms. The molecular formula is C62H31BN4O2S2. The Hall–Kier alpha value is -8.86. The van der Waals surface area contributed by atoms with Crippen molar-refractivity contribution in [3.63, 3.8) is 0 Å². The molecule has 326 valence electrons. The second-order valence-corrected chi connectivity index (χ2v) is 20.8. The molecule has 6 heterocycles. The van der Waals surface area contributed by atoms with Gasteiger partial charge in [0, 0.05) is 74.0 Å². The Morgan fingerprint density at radius 1 is 0.380 bits per heavy atom. The highest BCUT2D eigenvalue weighted by Gasteiger charge is 2.39. The van der Waals surface area contributed by atoms with Gasteiger partial charge in [-0.05, 0) is 132 Å². The molecule has 0 N–H and O–H groups in total. The highest BCUT2D eigenvalue weighted by Crippen LogP contribution is 2.46. The van der Waals surface area contributed by atoms with Gasteiger partial charge in [-0.15, -0.1) is 0 Å². The summed E-state index contributed by atoms with van der Waals surface area (Å²) in [5.41, 5.74) is 17.2. The van der Waals surface area contributed by atoms with Gasteiger partial charge in [-0.25, -0.2) is 0 Å². The largest absolute Gasteiger partial charge is 0.456 e. The summed E-state index contributed by atoms with van der Waals surface area (Å²) in [6.45, 7) is 0.000257. The molecule has 0 aliphatic carbocycles. The van der Waals surface area contributed by atoms with Gasteiger partial charge >= 0.3 is 0 Å². The number of nitriles is 2. The molecule has 2 aliphatic rings. The van der Waals surface area contributed by atoms with E-state index < -0.39 is 0 Å². The third-order valence-electron chi connectivity index (χ3n) is 14.9. The van der Waals surface area contributed by atoms with Gasteiger partial charge in [-0.2, -0.15) is 10.5 Å². The highest BCUT2D eigenvalue weighted by molar-refractivity contribution is 8.01. The van der Waals surface area contributed by atoms with Crippen LogP contribution >= 0.6 is 23.5 Å². The molecule has 0 spiro atoms. The fourth-order valence-electron chi connectivity index (χ4n) is 11.8. The Bertz CT molecular complexity index is 4710. The Morgan fingerprint density at radius 3 is 1.45 bits per heavy atom. The number of rotatable bonds is 3. The molecule has 0 bridgehead atoms. The second-order valence-electron chi connectivity index (χ2n) is 18.6. The summed E-state index contributed by atoms with van der Waals surface area (Å²) < 4.78 is 17.6. The number of para-hydroxylation sites is 3. The first-order chi connectivity index (χ1) is 35.1. The molecule has 9 heteroatoms. The summed E-state index contributed by atoms with van der Waals surface area (Å²) in [6.07, 6.45) is 0. The van der Waals surface area contributed by atoms with Crippen LogP contribution in [0.1, 0.15) is 11.1 Å².